The number of nitrogens with two attached hydrogens (primary N) is 1. The molecule has 0 bridgehead atoms. The topological polar surface area (TPSA) is 97.4 Å². The van der Waals surface area contributed by atoms with Gasteiger partial charge in [-0.3, -0.25) is 4.99 Å². The fraction of sp³-hybridized carbons (Fsp3) is 0.800. The summed E-state index contributed by atoms with van der Waals surface area (Å²) >= 11 is 0. The highest BCUT2D eigenvalue weighted by Crippen LogP contribution is 2.38. The SMILES string of the molecule is CC(C)(C)C.CC1(C)OB(/C(C=NC2CCN(C(=O)O)CC2)=C/N)OC1(C)C. The van der Waals surface area contributed by atoms with Gasteiger partial charge in [-0.05, 0) is 52.2 Å². The Kier molecular flexibility index (Phi) is 8.15. The van der Waals surface area contributed by atoms with E-state index in [2.05, 4.69) is 32.7 Å². The third-order valence-electron chi connectivity index (χ3n) is 4.89. The van der Waals surface area contributed by atoms with Crippen molar-refractivity contribution in [2.24, 2.45) is 16.1 Å². The lowest BCUT2D eigenvalue weighted by Gasteiger charge is -2.32. The molecule has 0 aromatic rings. The molecule has 0 unspecified atom stereocenters. The second-order valence-corrected chi connectivity index (χ2v) is 10.0. The van der Waals surface area contributed by atoms with Gasteiger partial charge in [0.2, 0.25) is 0 Å². The number of rotatable bonds is 3. The normalized spacial score (nSPS) is 22.9. The Morgan fingerprint density at radius 2 is 1.57 bits per heavy atom. The van der Waals surface area contributed by atoms with Crippen molar-refractivity contribution in [1.82, 2.24) is 4.90 Å². The first-order valence-corrected chi connectivity index (χ1v) is 9.95. The van der Waals surface area contributed by atoms with Gasteiger partial charge in [-0.1, -0.05) is 27.7 Å². The lowest BCUT2D eigenvalue weighted by atomic mass is 9.79. The van der Waals surface area contributed by atoms with Crippen molar-refractivity contribution >= 4 is 19.4 Å². The van der Waals surface area contributed by atoms with E-state index in [1.165, 1.54) is 11.1 Å². The molecule has 2 heterocycles. The van der Waals surface area contributed by atoms with Crippen molar-refractivity contribution in [3.05, 3.63) is 11.7 Å². The predicted molar refractivity (Wildman–Crippen MR) is 115 cm³/mol. The molecule has 0 aromatic heterocycles. The lowest BCUT2D eigenvalue weighted by molar-refractivity contribution is 0.00578. The average molecular weight is 395 g/mol. The van der Waals surface area contributed by atoms with Crippen molar-refractivity contribution in [2.75, 3.05) is 13.1 Å². The van der Waals surface area contributed by atoms with Gasteiger partial charge in [0.1, 0.15) is 0 Å². The van der Waals surface area contributed by atoms with Crippen LogP contribution in [0.2, 0.25) is 0 Å². The van der Waals surface area contributed by atoms with Crippen LogP contribution in [0.25, 0.3) is 0 Å². The molecular weight excluding hydrogens is 357 g/mol. The smallest absolute Gasteiger partial charge is 0.465 e. The molecule has 1 amide bonds. The molecule has 2 saturated heterocycles. The second-order valence-electron chi connectivity index (χ2n) is 10.0. The highest BCUT2D eigenvalue weighted by atomic mass is 16.7. The Morgan fingerprint density at radius 1 is 1.14 bits per heavy atom. The molecule has 0 aliphatic carbocycles. The van der Waals surface area contributed by atoms with E-state index in [-0.39, 0.29) is 6.04 Å². The minimum absolute atomic E-state index is 0.1000. The Morgan fingerprint density at radius 3 is 1.93 bits per heavy atom. The molecule has 3 N–H and O–H groups in total. The summed E-state index contributed by atoms with van der Waals surface area (Å²) < 4.78 is 11.9. The van der Waals surface area contributed by atoms with Crippen LogP contribution >= 0.6 is 0 Å². The summed E-state index contributed by atoms with van der Waals surface area (Å²) in [4.78, 5) is 16.8. The van der Waals surface area contributed by atoms with Crippen LogP contribution in [0.5, 0.6) is 0 Å². The first-order chi connectivity index (χ1) is 12.7. The third kappa shape index (κ3) is 7.47. The van der Waals surface area contributed by atoms with Crippen molar-refractivity contribution in [3.63, 3.8) is 0 Å². The molecule has 8 heteroatoms. The summed E-state index contributed by atoms with van der Waals surface area (Å²) in [6.45, 7) is 17.7. The number of amides is 1. The number of allylic oxidation sites excluding steroid dienone is 1. The molecule has 160 valence electrons. The summed E-state index contributed by atoms with van der Waals surface area (Å²) in [5, 5.41) is 8.95. The molecule has 0 aromatic carbocycles. The molecule has 0 saturated carbocycles. The van der Waals surface area contributed by atoms with Crippen LogP contribution in [0.3, 0.4) is 0 Å². The zero-order chi connectivity index (χ0) is 21.8. The minimum atomic E-state index is -0.868. The summed E-state index contributed by atoms with van der Waals surface area (Å²) in [6, 6.07) is 0.1000. The average Bonchev–Trinajstić information content (AvgIpc) is 2.74. The van der Waals surface area contributed by atoms with E-state index in [1.54, 1.807) is 6.21 Å². The van der Waals surface area contributed by atoms with Gasteiger partial charge < -0.3 is 25.0 Å². The number of carboxylic acid groups (broad SMARTS) is 1. The van der Waals surface area contributed by atoms with Gasteiger partial charge in [0, 0.05) is 24.8 Å². The van der Waals surface area contributed by atoms with E-state index < -0.39 is 24.4 Å². The van der Waals surface area contributed by atoms with E-state index in [1.807, 2.05) is 27.7 Å². The molecule has 2 fully saturated rings. The Labute approximate surface area is 170 Å². The first kappa shape index (κ1) is 24.5. The fourth-order valence-electron chi connectivity index (χ4n) is 2.56. The van der Waals surface area contributed by atoms with E-state index in [0.717, 1.165) is 0 Å². The minimum Gasteiger partial charge on any atom is -0.465 e. The van der Waals surface area contributed by atoms with Crippen molar-refractivity contribution < 1.29 is 19.2 Å². The van der Waals surface area contributed by atoms with E-state index in [9.17, 15) is 4.79 Å². The molecule has 2 rings (SSSR count). The highest BCUT2D eigenvalue weighted by molar-refractivity contribution is 6.60. The summed E-state index contributed by atoms with van der Waals surface area (Å²) in [6.07, 6.45) is 3.71. The predicted octanol–water partition coefficient (Wildman–Crippen LogP) is 3.73. The number of likely N-dealkylation sites (tertiary alicyclic amines) is 1. The number of nitrogens with zero attached hydrogens (tertiary/aromatic N) is 2. The maximum Gasteiger partial charge on any atom is 0.497 e. The monoisotopic (exact) mass is 395 g/mol. The molecular formula is C20H38BN3O4. The van der Waals surface area contributed by atoms with E-state index in [0.29, 0.717) is 36.8 Å². The molecule has 0 atom stereocenters. The zero-order valence-electron chi connectivity index (χ0n) is 18.8. The van der Waals surface area contributed by atoms with Crippen molar-refractivity contribution in [1.29, 1.82) is 0 Å². The van der Waals surface area contributed by atoms with Gasteiger partial charge >= 0.3 is 13.2 Å². The Balaban J connectivity index is 0.000000696. The van der Waals surface area contributed by atoms with Crippen molar-refractivity contribution in [2.45, 2.75) is 85.5 Å². The van der Waals surface area contributed by atoms with Gasteiger partial charge in [0.05, 0.1) is 17.2 Å². The van der Waals surface area contributed by atoms with Gasteiger partial charge in [0.15, 0.2) is 0 Å². The van der Waals surface area contributed by atoms with Crippen LogP contribution in [0.15, 0.2) is 16.7 Å². The second kappa shape index (κ2) is 9.31. The molecule has 0 radical (unpaired) electrons. The van der Waals surface area contributed by atoms with Gasteiger partial charge in [-0.2, -0.15) is 0 Å². The highest BCUT2D eigenvalue weighted by Gasteiger charge is 2.52. The third-order valence-corrected chi connectivity index (χ3v) is 4.89. The maximum absolute atomic E-state index is 10.9. The molecule has 0 spiro atoms. The van der Waals surface area contributed by atoms with Crippen LogP contribution in [-0.4, -0.2) is 59.8 Å². The number of piperidine rings is 1. The zero-order valence-corrected chi connectivity index (χ0v) is 18.8. The number of hydrogen-bond donors (Lipinski definition) is 2. The lowest BCUT2D eigenvalue weighted by Crippen LogP contribution is -2.41. The van der Waals surface area contributed by atoms with E-state index in [4.69, 9.17) is 20.1 Å². The quantitative estimate of drug-likeness (QED) is 0.561. The van der Waals surface area contributed by atoms with Crippen LogP contribution in [0.4, 0.5) is 4.79 Å². The Hall–Kier alpha value is -1.54. The van der Waals surface area contributed by atoms with E-state index >= 15 is 0 Å². The maximum atomic E-state index is 10.9. The molecule has 2 aliphatic heterocycles. The summed E-state index contributed by atoms with van der Waals surface area (Å²) in [7, 11) is -0.534. The van der Waals surface area contributed by atoms with Crippen molar-refractivity contribution in [3.8, 4) is 0 Å². The van der Waals surface area contributed by atoms with Crippen LogP contribution in [0, 0.1) is 5.41 Å². The molecule has 28 heavy (non-hydrogen) atoms. The number of carbonyl (C=O) groups is 1. The Bertz CT molecular complexity index is 567. The van der Waals surface area contributed by atoms with Crippen LogP contribution < -0.4 is 5.73 Å². The van der Waals surface area contributed by atoms with Crippen LogP contribution in [0.1, 0.15) is 68.2 Å². The molecule has 7 nitrogen and oxygen atoms in total. The fourth-order valence-corrected chi connectivity index (χ4v) is 2.56. The van der Waals surface area contributed by atoms with Gasteiger partial charge in [-0.25, -0.2) is 4.79 Å². The summed E-state index contributed by atoms with van der Waals surface area (Å²) in [5.41, 5.74) is 6.04. The van der Waals surface area contributed by atoms with Gasteiger partial charge in [0.25, 0.3) is 0 Å². The molecule has 2 aliphatic rings. The standard InChI is InChI=1S/C15H26BN3O4.C5H12/c1-14(2)15(3,4)23-16(22-14)11(9-17)10-18-12-5-7-19(8-6-12)13(20)21;1-5(2,3)4/h9-10,12H,5-8,17H2,1-4H3,(H,20,21);1-4H3/b11-9+,18-10?;. The number of hydrogen-bond acceptors (Lipinski definition) is 5. The number of aliphatic imine (C=N–C) groups is 1. The first-order valence-electron chi connectivity index (χ1n) is 9.95. The largest absolute Gasteiger partial charge is 0.497 e. The van der Waals surface area contributed by atoms with Crippen LogP contribution in [-0.2, 0) is 9.31 Å². The van der Waals surface area contributed by atoms with Gasteiger partial charge in [-0.15, -0.1) is 0 Å². The summed E-state index contributed by atoms with van der Waals surface area (Å²) in [5.74, 6) is 0.